The Labute approximate surface area is 151 Å². The van der Waals surface area contributed by atoms with Gasteiger partial charge in [0.25, 0.3) is 5.91 Å². The minimum atomic E-state index is -0.612. The number of halogens is 1. The summed E-state index contributed by atoms with van der Waals surface area (Å²) in [7, 11) is 0. The van der Waals surface area contributed by atoms with Gasteiger partial charge >= 0.3 is 5.97 Å². The highest BCUT2D eigenvalue weighted by molar-refractivity contribution is 6.31. The molecule has 1 amide bonds. The van der Waals surface area contributed by atoms with Gasteiger partial charge in [0.2, 0.25) is 0 Å². The molecule has 0 spiro atoms. The molecule has 1 N–H and O–H groups in total. The maximum absolute atomic E-state index is 11.9. The second-order valence-electron chi connectivity index (χ2n) is 5.61. The number of hydrogen-bond donors (Lipinski definition) is 1. The highest BCUT2D eigenvalue weighted by atomic mass is 35.5. The van der Waals surface area contributed by atoms with Crippen molar-refractivity contribution in [3.63, 3.8) is 0 Å². The number of aryl methyl sites for hydroxylation is 1. The van der Waals surface area contributed by atoms with Crippen molar-refractivity contribution >= 4 is 29.2 Å². The topological polar surface area (TPSA) is 64.6 Å². The molecule has 2 rings (SSSR count). The summed E-state index contributed by atoms with van der Waals surface area (Å²) in [6.45, 7) is 5.02. The van der Waals surface area contributed by atoms with E-state index in [0.717, 1.165) is 16.7 Å². The van der Waals surface area contributed by atoms with Crippen LogP contribution in [0.4, 0.5) is 5.69 Å². The van der Waals surface area contributed by atoms with E-state index in [9.17, 15) is 9.59 Å². The zero-order valence-electron chi connectivity index (χ0n) is 14.4. The number of carbonyl (C=O) groups excluding carboxylic acids is 2. The van der Waals surface area contributed by atoms with Gasteiger partial charge < -0.3 is 14.8 Å². The van der Waals surface area contributed by atoms with Gasteiger partial charge in [-0.25, -0.2) is 4.79 Å². The van der Waals surface area contributed by atoms with Gasteiger partial charge in [-0.2, -0.15) is 0 Å². The van der Waals surface area contributed by atoms with Gasteiger partial charge in [-0.1, -0.05) is 29.8 Å². The number of anilines is 1. The fraction of sp³-hybridized carbons (Fsp3) is 0.263. The number of benzene rings is 2. The van der Waals surface area contributed by atoms with E-state index in [2.05, 4.69) is 5.32 Å². The number of hydrogen-bond acceptors (Lipinski definition) is 4. The molecule has 0 radical (unpaired) electrons. The van der Waals surface area contributed by atoms with Crippen molar-refractivity contribution in [3.05, 3.63) is 58.1 Å². The highest BCUT2D eigenvalue weighted by Gasteiger charge is 2.11. The van der Waals surface area contributed by atoms with E-state index in [1.54, 1.807) is 31.2 Å². The summed E-state index contributed by atoms with van der Waals surface area (Å²) in [5.41, 5.74) is 3.37. The minimum Gasteiger partial charge on any atom is -0.482 e. The first-order valence-electron chi connectivity index (χ1n) is 7.78. The molecule has 132 valence electrons. The van der Waals surface area contributed by atoms with Crippen LogP contribution in [0, 0.1) is 20.8 Å². The number of nitrogens with one attached hydrogen (secondary N) is 1. The molecule has 2 aromatic carbocycles. The van der Waals surface area contributed by atoms with Crippen LogP contribution in [0.25, 0.3) is 0 Å². The first-order valence-corrected chi connectivity index (χ1v) is 8.16. The summed E-state index contributed by atoms with van der Waals surface area (Å²) in [5, 5.41) is 3.21. The summed E-state index contributed by atoms with van der Waals surface area (Å²) in [6, 6.07) is 10.8. The number of ether oxygens (including phenoxy) is 2. The van der Waals surface area contributed by atoms with Gasteiger partial charge in [-0.3, -0.25) is 4.79 Å². The van der Waals surface area contributed by atoms with Crippen LogP contribution in [0.2, 0.25) is 5.02 Å². The Hall–Kier alpha value is -2.53. The van der Waals surface area contributed by atoms with Crippen molar-refractivity contribution in [2.75, 3.05) is 18.5 Å². The molecule has 0 aromatic heterocycles. The molecule has 0 bridgehead atoms. The van der Waals surface area contributed by atoms with Crippen LogP contribution in [0.1, 0.15) is 16.7 Å². The van der Waals surface area contributed by atoms with Gasteiger partial charge in [0.15, 0.2) is 13.2 Å². The van der Waals surface area contributed by atoms with Gasteiger partial charge in [-0.05, 0) is 55.7 Å². The minimum absolute atomic E-state index is 0.256. The first-order chi connectivity index (χ1) is 11.9. The molecule has 0 aliphatic heterocycles. The molecule has 25 heavy (non-hydrogen) atoms. The summed E-state index contributed by atoms with van der Waals surface area (Å²) in [6.07, 6.45) is 0. The third kappa shape index (κ3) is 5.22. The highest BCUT2D eigenvalue weighted by Crippen LogP contribution is 2.23. The maximum atomic E-state index is 11.9. The average Bonchev–Trinajstić information content (AvgIpc) is 2.58. The first kappa shape index (κ1) is 18.8. The van der Waals surface area contributed by atoms with Crippen molar-refractivity contribution < 1.29 is 19.1 Å². The number of amides is 1. The van der Waals surface area contributed by atoms with Crippen LogP contribution in [-0.4, -0.2) is 25.1 Å². The van der Waals surface area contributed by atoms with E-state index in [4.69, 9.17) is 21.1 Å². The third-order valence-electron chi connectivity index (χ3n) is 3.81. The lowest BCUT2D eigenvalue weighted by molar-refractivity contribution is -0.149. The second kappa shape index (κ2) is 8.53. The second-order valence-corrected chi connectivity index (χ2v) is 6.02. The normalized spacial score (nSPS) is 10.2. The molecule has 0 aliphatic rings. The summed E-state index contributed by atoms with van der Waals surface area (Å²) >= 11 is 5.99. The SMILES string of the molecule is Cc1cccc(OCC(=O)OCC(=O)Nc2cccc(Cl)c2C)c1C. The predicted molar refractivity (Wildman–Crippen MR) is 97.2 cm³/mol. The zero-order valence-corrected chi connectivity index (χ0v) is 15.1. The summed E-state index contributed by atoms with van der Waals surface area (Å²) in [4.78, 5) is 23.6. The van der Waals surface area contributed by atoms with Crippen LogP contribution in [0.5, 0.6) is 5.75 Å². The molecule has 0 unspecified atom stereocenters. The van der Waals surface area contributed by atoms with Gasteiger partial charge in [0.1, 0.15) is 5.75 Å². The molecule has 0 atom stereocenters. The molecule has 5 nitrogen and oxygen atoms in total. The molecule has 6 heteroatoms. The fourth-order valence-electron chi connectivity index (χ4n) is 2.13. The zero-order chi connectivity index (χ0) is 18.4. The molecular weight excluding hydrogens is 342 g/mol. The largest absolute Gasteiger partial charge is 0.482 e. The van der Waals surface area contributed by atoms with Gasteiger partial charge in [0, 0.05) is 10.7 Å². The van der Waals surface area contributed by atoms with E-state index in [0.29, 0.717) is 16.5 Å². The van der Waals surface area contributed by atoms with E-state index in [1.807, 2.05) is 26.0 Å². The number of rotatable bonds is 6. The Morgan fingerprint density at radius 2 is 1.72 bits per heavy atom. The quantitative estimate of drug-likeness (QED) is 0.794. The van der Waals surface area contributed by atoms with Crippen molar-refractivity contribution in [2.45, 2.75) is 20.8 Å². The lowest BCUT2D eigenvalue weighted by Crippen LogP contribution is -2.24. The monoisotopic (exact) mass is 361 g/mol. The van der Waals surface area contributed by atoms with E-state index in [-0.39, 0.29) is 13.2 Å². The van der Waals surface area contributed by atoms with E-state index in [1.165, 1.54) is 0 Å². The summed E-state index contributed by atoms with van der Waals surface area (Å²) in [5.74, 6) is -0.430. The van der Waals surface area contributed by atoms with Gasteiger partial charge in [-0.15, -0.1) is 0 Å². The average molecular weight is 362 g/mol. The molecule has 0 aliphatic carbocycles. The summed E-state index contributed by atoms with van der Waals surface area (Å²) < 4.78 is 10.4. The molecule has 0 fully saturated rings. The molecule has 0 saturated heterocycles. The van der Waals surface area contributed by atoms with Crippen molar-refractivity contribution in [1.82, 2.24) is 0 Å². The Bertz CT molecular complexity index is 789. The lowest BCUT2D eigenvalue weighted by atomic mass is 10.1. The fourth-order valence-corrected chi connectivity index (χ4v) is 2.31. The lowest BCUT2D eigenvalue weighted by Gasteiger charge is -2.11. The molecule has 0 heterocycles. The number of carbonyl (C=O) groups is 2. The van der Waals surface area contributed by atoms with Crippen LogP contribution >= 0.6 is 11.6 Å². The molecular formula is C19H20ClNO4. The Kier molecular flexibility index (Phi) is 6.42. The molecule has 2 aromatic rings. The Balaban J connectivity index is 1.80. The molecule has 0 saturated carbocycles. The Morgan fingerprint density at radius 3 is 2.48 bits per heavy atom. The predicted octanol–water partition coefficient (Wildman–Crippen LogP) is 3.83. The van der Waals surface area contributed by atoms with Crippen LogP contribution in [-0.2, 0) is 14.3 Å². The standard InChI is InChI=1S/C19H20ClNO4/c1-12-6-4-9-17(13(12)2)24-11-19(23)25-10-18(22)21-16-8-5-7-15(20)14(16)3/h4-9H,10-11H2,1-3H3,(H,21,22). The third-order valence-corrected chi connectivity index (χ3v) is 4.22. The maximum Gasteiger partial charge on any atom is 0.344 e. The van der Waals surface area contributed by atoms with Crippen molar-refractivity contribution in [2.24, 2.45) is 0 Å². The smallest absolute Gasteiger partial charge is 0.344 e. The van der Waals surface area contributed by atoms with E-state index < -0.39 is 11.9 Å². The van der Waals surface area contributed by atoms with Crippen molar-refractivity contribution in [1.29, 1.82) is 0 Å². The van der Waals surface area contributed by atoms with Crippen LogP contribution in [0.3, 0.4) is 0 Å². The van der Waals surface area contributed by atoms with E-state index >= 15 is 0 Å². The van der Waals surface area contributed by atoms with Crippen molar-refractivity contribution in [3.8, 4) is 5.75 Å². The Morgan fingerprint density at radius 1 is 1.00 bits per heavy atom. The van der Waals surface area contributed by atoms with Crippen LogP contribution in [0.15, 0.2) is 36.4 Å². The van der Waals surface area contributed by atoms with Crippen LogP contribution < -0.4 is 10.1 Å². The van der Waals surface area contributed by atoms with Gasteiger partial charge in [0.05, 0.1) is 0 Å². The number of esters is 1.